The number of halogens is 3. The van der Waals surface area contributed by atoms with Crippen molar-refractivity contribution in [3.63, 3.8) is 0 Å². The Morgan fingerprint density at radius 2 is 1.90 bits per heavy atom. The number of hydrogen-bond donors (Lipinski definition) is 0. The first-order valence-electron chi connectivity index (χ1n) is 11.1. The van der Waals surface area contributed by atoms with E-state index in [0.717, 1.165) is 70.2 Å². The molecule has 0 bridgehead atoms. The highest BCUT2D eigenvalue weighted by Gasteiger charge is 2.30. The van der Waals surface area contributed by atoms with Gasteiger partial charge in [-0.05, 0) is 63.2 Å². The molecule has 0 aliphatic carbocycles. The maximum absolute atomic E-state index is 12.9. The molecule has 30 heavy (non-hydrogen) atoms. The van der Waals surface area contributed by atoms with Gasteiger partial charge in [0.1, 0.15) is 0 Å². The van der Waals surface area contributed by atoms with Gasteiger partial charge in [0.05, 0.1) is 5.56 Å². The average Bonchev–Trinajstić information content (AvgIpc) is 2.72. The summed E-state index contributed by atoms with van der Waals surface area (Å²) >= 11 is 0. The van der Waals surface area contributed by atoms with Crippen LogP contribution in [0.1, 0.15) is 43.7 Å². The van der Waals surface area contributed by atoms with Crippen LogP contribution in [-0.2, 0) is 17.4 Å². The van der Waals surface area contributed by atoms with Crippen LogP contribution in [-0.4, -0.2) is 73.0 Å². The number of hydrogen-bond acceptors (Lipinski definition) is 3. The van der Waals surface area contributed by atoms with Crippen molar-refractivity contribution >= 4 is 5.91 Å². The first-order chi connectivity index (χ1) is 14.2. The maximum atomic E-state index is 12.9. The lowest BCUT2D eigenvalue weighted by Gasteiger charge is -2.40. The molecule has 1 aromatic rings. The largest absolute Gasteiger partial charge is 0.416 e. The number of likely N-dealkylation sites (tertiary alicyclic amines) is 2. The van der Waals surface area contributed by atoms with Gasteiger partial charge in [0.25, 0.3) is 0 Å². The molecule has 0 saturated carbocycles. The Bertz CT molecular complexity index is 701. The van der Waals surface area contributed by atoms with Gasteiger partial charge in [-0.3, -0.25) is 4.79 Å². The van der Waals surface area contributed by atoms with E-state index < -0.39 is 11.7 Å². The number of piperidine rings is 2. The summed E-state index contributed by atoms with van der Waals surface area (Å²) in [6, 6.07) is 6.24. The van der Waals surface area contributed by atoms with Crippen LogP contribution in [0.2, 0.25) is 0 Å². The molecular weight excluding hydrogens is 391 g/mol. The fourth-order valence-corrected chi connectivity index (χ4v) is 4.87. The van der Waals surface area contributed by atoms with Crippen molar-refractivity contribution < 1.29 is 18.0 Å². The third kappa shape index (κ3) is 6.45. The van der Waals surface area contributed by atoms with Gasteiger partial charge in [-0.25, -0.2) is 0 Å². The van der Waals surface area contributed by atoms with E-state index in [1.54, 1.807) is 13.0 Å². The molecule has 0 spiro atoms. The van der Waals surface area contributed by atoms with Crippen molar-refractivity contribution in [2.24, 2.45) is 5.92 Å². The number of benzene rings is 1. The van der Waals surface area contributed by atoms with Gasteiger partial charge in [0, 0.05) is 45.7 Å². The van der Waals surface area contributed by atoms with Gasteiger partial charge in [0.15, 0.2) is 0 Å². The summed E-state index contributed by atoms with van der Waals surface area (Å²) in [6.07, 6.45) is 0.776. The summed E-state index contributed by atoms with van der Waals surface area (Å²) in [5.74, 6) is 0.760. The monoisotopic (exact) mass is 425 g/mol. The lowest BCUT2D eigenvalue weighted by Crippen LogP contribution is -2.48. The van der Waals surface area contributed by atoms with Crippen LogP contribution < -0.4 is 0 Å². The first kappa shape index (κ1) is 23.1. The summed E-state index contributed by atoms with van der Waals surface area (Å²) in [5.41, 5.74) is 0.190. The van der Waals surface area contributed by atoms with E-state index in [0.29, 0.717) is 18.4 Å². The molecule has 3 rings (SSSR count). The minimum Gasteiger partial charge on any atom is -0.343 e. The summed E-state index contributed by atoms with van der Waals surface area (Å²) in [5, 5.41) is 0. The lowest BCUT2D eigenvalue weighted by atomic mass is 9.95. The summed E-state index contributed by atoms with van der Waals surface area (Å²) in [7, 11) is 2.19. The van der Waals surface area contributed by atoms with Crippen LogP contribution in [0.3, 0.4) is 0 Å². The van der Waals surface area contributed by atoms with Gasteiger partial charge in [0.2, 0.25) is 5.91 Å². The lowest BCUT2D eigenvalue weighted by molar-refractivity contribution is -0.137. The second-order valence-corrected chi connectivity index (χ2v) is 8.93. The molecule has 0 aromatic heterocycles. The molecule has 4 nitrogen and oxygen atoms in total. The Morgan fingerprint density at radius 1 is 1.17 bits per heavy atom. The highest BCUT2D eigenvalue weighted by molar-refractivity contribution is 5.73. The second kappa shape index (κ2) is 10.1. The molecule has 2 saturated heterocycles. The number of carbonyl (C=O) groups excluding carboxylic acids is 1. The van der Waals surface area contributed by atoms with Crippen molar-refractivity contribution in [2.75, 3.05) is 46.3 Å². The fraction of sp³-hybridized carbons (Fsp3) is 0.696. The van der Waals surface area contributed by atoms with E-state index in [-0.39, 0.29) is 5.91 Å². The van der Waals surface area contributed by atoms with E-state index in [1.807, 2.05) is 4.90 Å². The van der Waals surface area contributed by atoms with E-state index >= 15 is 0 Å². The molecule has 2 heterocycles. The predicted molar refractivity (Wildman–Crippen MR) is 112 cm³/mol. The molecule has 2 aliphatic heterocycles. The highest BCUT2D eigenvalue weighted by atomic mass is 19.4. The van der Waals surface area contributed by atoms with Gasteiger partial charge < -0.3 is 14.7 Å². The van der Waals surface area contributed by atoms with Crippen molar-refractivity contribution in [1.82, 2.24) is 14.7 Å². The smallest absolute Gasteiger partial charge is 0.343 e. The number of rotatable bonds is 6. The maximum Gasteiger partial charge on any atom is 0.416 e. The normalized spacial score (nSPS) is 21.9. The van der Waals surface area contributed by atoms with Gasteiger partial charge in [-0.15, -0.1) is 0 Å². The van der Waals surface area contributed by atoms with Crippen LogP contribution in [0.4, 0.5) is 13.2 Å². The Hall–Kier alpha value is -1.60. The molecule has 2 fully saturated rings. The molecule has 0 radical (unpaired) electrons. The summed E-state index contributed by atoms with van der Waals surface area (Å²) in [6.45, 7) is 7.21. The van der Waals surface area contributed by atoms with Gasteiger partial charge in [-0.2, -0.15) is 13.2 Å². The van der Waals surface area contributed by atoms with Crippen LogP contribution in [0, 0.1) is 5.92 Å². The number of amides is 1. The third-order valence-electron chi connectivity index (χ3n) is 6.65. The van der Waals surface area contributed by atoms with E-state index in [1.165, 1.54) is 18.6 Å². The quantitative estimate of drug-likeness (QED) is 0.692. The highest BCUT2D eigenvalue weighted by Crippen LogP contribution is 2.29. The van der Waals surface area contributed by atoms with Crippen molar-refractivity contribution in [3.05, 3.63) is 35.4 Å². The Morgan fingerprint density at radius 3 is 2.57 bits per heavy atom. The van der Waals surface area contributed by atoms with E-state index in [2.05, 4.69) is 16.8 Å². The molecular formula is C23H34F3N3O. The van der Waals surface area contributed by atoms with Crippen LogP contribution in [0.15, 0.2) is 24.3 Å². The predicted octanol–water partition coefficient (Wildman–Crippen LogP) is 3.90. The van der Waals surface area contributed by atoms with E-state index in [4.69, 9.17) is 0 Å². The average molecular weight is 426 g/mol. The van der Waals surface area contributed by atoms with Crippen LogP contribution in [0.5, 0.6) is 0 Å². The van der Waals surface area contributed by atoms with Crippen LogP contribution in [0.25, 0.3) is 0 Å². The molecule has 1 amide bonds. The van der Waals surface area contributed by atoms with Gasteiger partial charge in [-0.1, -0.05) is 18.2 Å². The molecule has 0 N–H and O–H groups in total. The third-order valence-corrected chi connectivity index (χ3v) is 6.65. The second-order valence-electron chi connectivity index (χ2n) is 8.93. The van der Waals surface area contributed by atoms with Gasteiger partial charge >= 0.3 is 6.18 Å². The Kier molecular flexibility index (Phi) is 7.80. The van der Waals surface area contributed by atoms with Crippen molar-refractivity contribution in [3.8, 4) is 0 Å². The zero-order chi connectivity index (χ0) is 21.7. The Labute approximate surface area is 178 Å². The molecule has 1 aromatic carbocycles. The minimum atomic E-state index is -4.28. The fourth-order valence-electron chi connectivity index (χ4n) is 4.87. The molecule has 0 unspecified atom stereocenters. The van der Waals surface area contributed by atoms with Crippen molar-refractivity contribution in [1.29, 1.82) is 0 Å². The number of carbonyl (C=O) groups is 1. The molecule has 1 atom stereocenters. The van der Waals surface area contributed by atoms with E-state index in [9.17, 15) is 18.0 Å². The molecule has 168 valence electrons. The summed E-state index contributed by atoms with van der Waals surface area (Å²) < 4.78 is 38.7. The number of nitrogens with zero attached hydrogens (tertiary/aromatic N) is 3. The first-order valence-corrected chi connectivity index (χ1v) is 11.1. The number of alkyl halides is 3. The summed E-state index contributed by atoms with van der Waals surface area (Å²) in [4.78, 5) is 18.3. The standard InChI is InChI=1S/C23H34F3N3O/c1-18(30)29-13-9-22(10-14-29)27(2)16-20-6-4-11-28(17-20)12-8-19-5-3-7-21(15-19)23(24,25)26/h3,5,7,15,20,22H,4,6,8-14,16-17H2,1-2H3/t20-/m0/s1. The Balaban J connectivity index is 1.45. The zero-order valence-electron chi connectivity index (χ0n) is 18.1. The SMILES string of the molecule is CC(=O)N1CCC(N(C)C[C@@H]2CCCN(CCc3cccc(C(F)(F)F)c3)C2)CC1. The van der Waals surface area contributed by atoms with Crippen LogP contribution >= 0.6 is 0 Å². The zero-order valence-corrected chi connectivity index (χ0v) is 18.1. The topological polar surface area (TPSA) is 26.8 Å². The minimum absolute atomic E-state index is 0.166. The van der Waals surface area contributed by atoms with Crippen molar-refractivity contribution in [2.45, 2.75) is 51.2 Å². The molecule has 7 heteroatoms. The molecule has 2 aliphatic rings.